The van der Waals surface area contributed by atoms with Gasteiger partial charge < -0.3 is 10.0 Å². The second kappa shape index (κ2) is 10.2. The molecule has 0 spiro atoms. The highest BCUT2D eigenvalue weighted by Crippen LogP contribution is 2.33. The number of aromatic hydroxyl groups is 1. The molecule has 0 aliphatic rings. The molecule has 0 radical (unpaired) electrons. The summed E-state index contributed by atoms with van der Waals surface area (Å²) in [6.07, 6.45) is 0.611. The van der Waals surface area contributed by atoms with Gasteiger partial charge in [0.25, 0.3) is 0 Å². The summed E-state index contributed by atoms with van der Waals surface area (Å²) in [7, 11) is 0. The number of rotatable bonds is 4. The molecule has 0 saturated carbocycles. The maximum absolute atomic E-state index is 10.2. The van der Waals surface area contributed by atoms with E-state index in [0.717, 1.165) is 4.47 Å². The van der Waals surface area contributed by atoms with Gasteiger partial charge >= 0.3 is 0 Å². The highest BCUT2D eigenvalue weighted by molar-refractivity contribution is 9.10. The standard InChI is InChI=1S/C18H15N.C7H5BrO2/c1-4-10-16(11-5-1)19(17-12-6-2-7-13-17)18-14-8-3-9-15-18;8-6-1-2-7(10)5(3-6)4-9/h1-15H;1-4,10H. The predicted octanol–water partition coefficient (Wildman–Crippen LogP) is 7.12. The fraction of sp³-hybridized carbons (Fsp3) is 0. The van der Waals surface area contributed by atoms with E-state index >= 15 is 0 Å². The first-order valence-electron chi connectivity index (χ1n) is 9.08. The van der Waals surface area contributed by atoms with Gasteiger partial charge in [-0.05, 0) is 54.6 Å². The summed E-state index contributed by atoms with van der Waals surface area (Å²) < 4.78 is 0.785. The van der Waals surface area contributed by atoms with Crippen molar-refractivity contribution in [2.45, 2.75) is 0 Å². The van der Waals surface area contributed by atoms with Crippen LogP contribution in [-0.4, -0.2) is 11.4 Å². The second-order valence-corrected chi connectivity index (χ2v) is 7.08. The van der Waals surface area contributed by atoms with Gasteiger partial charge in [0.2, 0.25) is 0 Å². The Bertz CT molecular complexity index is 944. The number of nitrogens with zero attached hydrogens (tertiary/aromatic N) is 1. The van der Waals surface area contributed by atoms with Gasteiger partial charge in [-0.1, -0.05) is 70.5 Å². The maximum Gasteiger partial charge on any atom is 0.153 e. The van der Waals surface area contributed by atoms with E-state index < -0.39 is 0 Å². The van der Waals surface area contributed by atoms with Crippen LogP contribution < -0.4 is 4.90 Å². The van der Waals surface area contributed by atoms with Gasteiger partial charge in [-0.25, -0.2) is 0 Å². The molecular weight excluding hydrogens is 426 g/mol. The zero-order valence-corrected chi connectivity index (χ0v) is 17.2. The molecule has 29 heavy (non-hydrogen) atoms. The van der Waals surface area contributed by atoms with Crippen LogP contribution in [0.2, 0.25) is 0 Å². The molecular formula is C25H20BrNO2. The average molecular weight is 446 g/mol. The van der Waals surface area contributed by atoms with Gasteiger partial charge in [0.15, 0.2) is 6.29 Å². The number of hydrogen-bond acceptors (Lipinski definition) is 3. The lowest BCUT2D eigenvalue weighted by Crippen LogP contribution is -2.09. The molecule has 0 fully saturated rings. The zero-order chi connectivity index (χ0) is 20.5. The fourth-order valence-corrected chi connectivity index (χ4v) is 3.18. The van der Waals surface area contributed by atoms with E-state index in [1.54, 1.807) is 12.1 Å². The van der Waals surface area contributed by atoms with Crippen molar-refractivity contribution in [2.24, 2.45) is 0 Å². The number of carbonyl (C=O) groups is 1. The van der Waals surface area contributed by atoms with Crippen LogP contribution in [0.15, 0.2) is 114 Å². The number of para-hydroxylation sites is 3. The minimum Gasteiger partial charge on any atom is -0.507 e. The number of hydrogen-bond donors (Lipinski definition) is 1. The van der Waals surface area contributed by atoms with E-state index in [-0.39, 0.29) is 5.75 Å². The molecule has 0 unspecified atom stereocenters. The minimum absolute atomic E-state index is 0.0122. The molecule has 0 amide bonds. The van der Waals surface area contributed by atoms with Crippen LogP contribution in [0.25, 0.3) is 0 Å². The topological polar surface area (TPSA) is 40.5 Å². The fourth-order valence-electron chi connectivity index (χ4n) is 2.80. The molecule has 3 nitrogen and oxygen atoms in total. The Morgan fingerprint density at radius 2 is 1.07 bits per heavy atom. The zero-order valence-electron chi connectivity index (χ0n) is 15.7. The van der Waals surface area contributed by atoms with Crippen molar-refractivity contribution in [3.05, 3.63) is 119 Å². The summed E-state index contributed by atoms with van der Waals surface area (Å²) >= 11 is 3.17. The Morgan fingerprint density at radius 3 is 1.41 bits per heavy atom. The Kier molecular flexibility index (Phi) is 7.20. The lowest BCUT2D eigenvalue weighted by molar-refractivity contribution is 0.112. The first kappa shape index (κ1) is 20.4. The number of phenolic OH excluding ortho intramolecular Hbond substituents is 1. The van der Waals surface area contributed by atoms with Crippen LogP contribution in [-0.2, 0) is 0 Å². The van der Waals surface area contributed by atoms with Gasteiger partial charge in [-0.15, -0.1) is 0 Å². The van der Waals surface area contributed by atoms with E-state index in [4.69, 9.17) is 5.11 Å². The first-order chi connectivity index (χ1) is 14.2. The smallest absolute Gasteiger partial charge is 0.153 e. The van der Waals surface area contributed by atoms with Crippen LogP contribution in [0.1, 0.15) is 10.4 Å². The van der Waals surface area contributed by atoms with E-state index in [1.807, 2.05) is 18.2 Å². The molecule has 144 valence electrons. The third-order valence-corrected chi connectivity index (χ3v) is 4.65. The maximum atomic E-state index is 10.2. The molecule has 0 saturated heterocycles. The third kappa shape index (κ3) is 5.56. The quantitative estimate of drug-likeness (QED) is 0.339. The molecule has 1 N–H and O–H groups in total. The molecule has 4 aromatic rings. The van der Waals surface area contributed by atoms with Gasteiger partial charge in [-0.2, -0.15) is 0 Å². The predicted molar refractivity (Wildman–Crippen MR) is 122 cm³/mol. The molecule has 0 bridgehead atoms. The van der Waals surface area contributed by atoms with Gasteiger partial charge in [0.1, 0.15) is 5.75 Å². The van der Waals surface area contributed by atoms with Crippen LogP contribution >= 0.6 is 15.9 Å². The number of halogens is 1. The summed E-state index contributed by atoms with van der Waals surface area (Å²) in [6.45, 7) is 0. The molecule has 0 aliphatic heterocycles. The highest BCUT2D eigenvalue weighted by Gasteiger charge is 2.10. The summed E-state index contributed by atoms with van der Waals surface area (Å²) in [6, 6.07) is 35.9. The Balaban J connectivity index is 0.000000204. The van der Waals surface area contributed by atoms with Gasteiger partial charge in [0, 0.05) is 21.5 Å². The molecule has 0 aromatic heterocycles. The summed E-state index contributed by atoms with van der Waals surface area (Å²) in [4.78, 5) is 12.4. The second-order valence-electron chi connectivity index (χ2n) is 6.16. The van der Waals surface area contributed by atoms with E-state index in [0.29, 0.717) is 11.8 Å². The van der Waals surface area contributed by atoms with Gasteiger partial charge in [-0.3, -0.25) is 4.79 Å². The summed E-state index contributed by atoms with van der Waals surface area (Å²) in [5.41, 5.74) is 3.80. The van der Waals surface area contributed by atoms with E-state index in [2.05, 4.69) is 93.6 Å². The van der Waals surface area contributed by atoms with Gasteiger partial charge in [0.05, 0.1) is 5.56 Å². The summed E-state index contributed by atoms with van der Waals surface area (Å²) in [5, 5.41) is 8.98. The summed E-state index contributed by atoms with van der Waals surface area (Å²) in [5.74, 6) is 0.0122. The number of aldehydes is 1. The van der Waals surface area contributed by atoms with Crippen LogP contribution in [0.3, 0.4) is 0 Å². The lowest BCUT2D eigenvalue weighted by atomic mass is 10.2. The number of phenols is 1. The SMILES string of the molecule is O=Cc1cc(Br)ccc1O.c1ccc(N(c2ccccc2)c2ccccc2)cc1. The third-order valence-electron chi connectivity index (χ3n) is 4.16. The highest BCUT2D eigenvalue weighted by atomic mass is 79.9. The monoisotopic (exact) mass is 445 g/mol. The Labute approximate surface area is 179 Å². The Morgan fingerprint density at radius 1 is 0.655 bits per heavy atom. The van der Waals surface area contributed by atoms with E-state index in [9.17, 15) is 4.79 Å². The van der Waals surface area contributed by atoms with E-state index in [1.165, 1.54) is 23.1 Å². The largest absolute Gasteiger partial charge is 0.507 e. The molecule has 0 atom stereocenters. The van der Waals surface area contributed by atoms with Crippen LogP contribution in [0.5, 0.6) is 5.75 Å². The molecule has 0 heterocycles. The van der Waals surface area contributed by atoms with Crippen molar-refractivity contribution in [3.8, 4) is 5.75 Å². The van der Waals surface area contributed by atoms with Crippen molar-refractivity contribution in [2.75, 3.05) is 4.90 Å². The number of anilines is 3. The minimum atomic E-state index is 0.0122. The number of benzene rings is 4. The Hall–Kier alpha value is -3.37. The number of carbonyl (C=O) groups excluding carboxylic acids is 1. The lowest BCUT2D eigenvalue weighted by Gasteiger charge is -2.25. The first-order valence-corrected chi connectivity index (χ1v) is 9.87. The van der Waals surface area contributed by atoms with Crippen molar-refractivity contribution in [1.82, 2.24) is 0 Å². The molecule has 4 heteroatoms. The molecule has 4 aromatic carbocycles. The van der Waals surface area contributed by atoms with Crippen molar-refractivity contribution < 1.29 is 9.90 Å². The van der Waals surface area contributed by atoms with Crippen molar-refractivity contribution in [3.63, 3.8) is 0 Å². The van der Waals surface area contributed by atoms with Crippen LogP contribution in [0, 0.1) is 0 Å². The van der Waals surface area contributed by atoms with Crippen molar-refractivity contribution in [1.29, 1.82) is 0 Å². The average Bonchev–Trinajstić information content (AvgIpc) is 2.78. The normalized spacial score (nSPS) is 9.83. The van der Waals surface area contributed by atoms with Crippen LogP contribution in [0.4, 0.5) is 17.1 Å². The molecule has 4 rings (SSSR count). The molecule has 0 aliphatic carbocycles. The van der Waals surface area contributed by atoms with Crippen molar-refractivity contribution >= 4 is 39.3 Å².